The van der Waals surface area contributed by atoms with E-state index in [4.69, 9.17) is 16.8 Å². The largest absolute Gasteiger partial charge is 0.410 e. The van der Waals surface area contributed by atoms with Gasteiger partial charge in [0.15, 0.2) is 5.17 Å². The Balaban J connectivity index is 3.05. The van der Waals surface area contributed by atoms with E-state index in [1.54, 1.807) is 17.9 Å². The lowest BCUT2D eigenvalue weighted by Crippen LogP contribution is -1.98. The van der Waals surface area contributed by atoms with Gasteiger partial charge in [0, 0.05) is 7.05 Å². The highest BCUT2D eigenvalue weighted by molar-refractivity contribution is 6.69. The van der Waals surface area contributed by atoms with Crippen molar-refractivity contribution < 1.29 is 5.21 Å². The van der Waals surface area contributed by atoms with E-state index in [9.17, 15) is 0 Å². The number of hydrogen-bond acceptors (Lipinski definition) is 3. The molecule has 0 saturated heterocycles. The fourth-order valence-corrected chi connectivity index (χ4v) is 0.789. The molecule has 0 amide bonds. The second-order valence-corrected chi connectivity index (χ2v) is 2.14. The molecule has 0 atom stereocenters. The van der Waals surface area contributed by atoms with Gasteiger partial charge < -0.3 is 9.77 Å². The maximum Gasteiger partial charge on any atom is 0.193 e. The molecular formula is C5H6ClN3O. The van der Waals surface area contributed by atoms with Gasteiger partial charge in [-0.1, -0.05) is 16.8 Å². The van der Waals surface area contributed by atoms with Gasteiger partial charge in [0.25, 0.3) is 0 Å². The molecular weight excluding hydrogens is 154 g/mol. The van der Waals surface area contributed by atoms with Gasteiger partial charge >= 0.3 is 0 Å². The number of hydrogen-bond donors (Lipinski definition) is 1. The summed E-state index contributed by atoms with van der Waals surface area (Å²) in [6, 6.07) is 0. The predicted octanol–water partition coefficient (Wildman–Crippen LogP) is 0.795. The molecule has 10 heavy (non-hydrogen) atoms. The van der Waals surface area contributed by atoms with E-state index in [1.165, 1.54) is 6.20 Å². The Morgan fingerprint density at radius 1 is 1.90 bits per heavy atom. The molecule has 0 spiro atoms. The van der Waals surface area contributed by atoms with Crippen molar-refractivity contribution in [1.82, 2.24) is 9.55 Å². The Bertz CT molecular complexity index is 255. The van der Waals surface area contributed by atoms with Crippen molar-refractivity contribution in [3.63, 3.8) is 0 Å². The summed E-state index contributed by atoms with van der Waals surface area (Å²) >= 11 is 5.48. The number of halogens is 1. The number of aryl methyl sites for hydroxylation is 1. The molecule has 0 radical (unpaired) electrons. The van der Waals surface area contributed by atoms with Crippen LogP contribution in [0.15, 0.2) is 17.7 Å². The summed E-state index contributed by atoms with van der Waals surface area (Å²) in [5.41, 5.74) is 0.587. The lowest BCUT2D eigenvalue weighted by Gasteiger charge is -1.94. The zero-order valence-corrected chi connectivity index (χ0v) is 6.08. The summed E-state index contributed by atoms with van der Waals surface area (Å²) in [6.45, 7) is 0. The van der Waals surface area contributed by atoms with Crippen molar-refractivity contribution >= 4 is 16.8 Å². The Morgan fingerprint density at radius 3 is 3.00 bits per heavy atom. The zero-order chi connectivity index (χ0) is 7.56. The van der Waals surface area contributed by atoms with Crippen LogP contribution >= 0.6 is 11.6 Å². The lowest BCUT2D eigenvalue weighted by molar-refractivity contribution is 0.320. The molecule has 1 heterocycles. The van der Waals surface area contributed by atoms with Crippen LogP contribution in [0.2, 0.25) is 0 Å². The van der Waals surface area contributed by atoms with Crippen molar-refractivity contribution in [2.45, 2.75) is 0 Å². The van der Waals surface area contributed by atoms with E-state index < -0.39 is 0 Å². The Hall–Kier alpha value is -1.03. The molecule has 0 saturated carbocycles. The highest BCUT2D eigenvalue weighted by Crippen LogP contribution is 2.01. The molecule has 0 aliphatic carbocycles. The molecule has 1 rings (SSSR count). The summed E-state index contributed by atoms with van der Waals surface area (Å²) in [5.74, 6) is 0. The predicted molar refractivity (Wildman–Crippen MR) is 37.4 cm³/mol. The first-order chi connectivity index (χ1) is 4.75. The minimum Gasteiger partial charge on any atom is -0.410 e. The fraction of sp³-hybridized carbons (Fsp3) is 0.200. The standard InChI is InChI=1S/C5H6ClN3O/c1-9-3-7-2-4(9)5(6)8-10/h2-3,10H,1H3/b8-5-. The van der Waals surface area contributed by atoms with Crippen molar-refractivity contribution in [2.24, 2.45) is 12.2 Å². The number of nitrogens with zero attached hydrogens (tertiary/aromatic N) is 3. The molecule has 5 heteroatoms. The van der Waals surface area contributed by atoms with Crippen LogP contribution in [-0.2, 0) is 7.05 Å². The van der Waals surface area contributed by atoms with Gasteiger partial charge in [-0.2, -0.15) is 0 Å². The van der Waals surface area contributed by atoms with Crippen molar-refractivity contribution in [1.29, 1.82) is 0 Å². The Labute approximate surface area is 62.7 Å². The second kappa shape index (κ2) is 2.70. The van der Waals surface area contributed by atoms with Gasteiger partial charge in [-0.25, -0.2) is 4.98 Å². The Kier molecular flexibility index (Phi) is 1.91. The van der Waals surface area contributed by atoms with Crippen LogP contribution in [0, 0.1) is 0 Å². The molecule has 54 valence electrons. The highest BCUT2D eigenvalue weighted by atomic mass is 35.5. The van der Waals surface area contributed by atoms with Crippen molar-refractivity contribution in [2.75, 3.05) is 0 Å². The molecule has 1 aromatic heterocycles. The third kappa shape index (κ3) is 1.11. The smallest absolute Gasteiger partial charge is 0.193 e. The number of aromatic nitrogens is 2. The van der Waals surface area contributed by atoms with Crippen LogP contribution in [0.3, 0.4) is 0 Å². The molecule has 4 nitrogen and oxygen atoms in total. The topological polar surface area (TPSA) is 50.4 Å². The van der Waals surface area contributed by atoms with E-state index in [0.29, 0.717) is 5.69 Å². The van der Waals surface area contributed by atoms with E-state index in [1.807, 2.05) is 0 Å². The van der Waals surface area contributed by atoms with E-state index >= 15 is 0 Å². The first-order valence-corrected chi connectivity index (χ1v) is 2.97. The summed E-state index contributed by atoms with van der Waals surface area (Å²) in [4.78, 5) is 3.78. The van der Waals surface area contributed by atoms with E-state index in [2.05, 4.69) is 10.1 Å². The van der Waals surface area contributed by atoms with Gasteiger partial charge in [0.1, 0.15) is 5.69 Å². The first-order valence-electron chi connectivity index (χ1n) is 2.60. The second-order valence-electron chi connectivity index (χ2n) is 1.78. The molecule has 1 aromatic rings. The summed E-state index contributed by atoms with van der Waals surface area (Å²) in [7, 11) is 1.76. The fourth-order valence-electron chi connectivity index (χ4n) is 0.607. The molecule has 0 fully saturated rings. The SMILES string of the molecule is Cn1cncc1/C(Cl)=N/O. The van der Waals surface area contributed by atoms with Crippen LogP contribution in [0.25, 0.3) is 0 Å². The van der Waals surface area contributed by atoms with Crippen LogP contribution in [0.1, 0.15) is 5.69 Å². The third-order valence-corrected chi connectivity index (χ3v) is 1.39. The van der Waals surface area contributed by atoms with Crippen LogP contribution in [0.4, 0.5) is 0 Å². The minimum atomic E-state index is 0.0417. The first kappa shape index (κ1) is 7.08. The molecule has 0 aliphatic heterocycles. The average Bonchev–Trinajstić information content (AvgIpc) is 2.34. The van der Waals surface area contributed by atoms with E-state index in [0.717, 1.165) is 0 Å². The van der Waals surface area contributed by atoms with Gasteiger partial charge in [-0.15, -0.1) is 0 Å². The minimum absolute atomic E-state index is 0.0417. The number of oxime groups is 1. The van der Waals surface area contributed by atoms with Crippen molar-refractivity contribution in [3.8, 4) is 0 Å². The summed E-state index contributed by atoms with van der Waals surface area (Å²) < 4.78 is 1.65. The van der Waals surface area contributed by atoms with E-state index in [-0.39, 0.29) is 5.17 Å². The molecule has 0 aliphatic rings. The summed E-state index contributed by atoms with van der Waals surface area (Å²) in [5, 5.41) is 11.1. The van der Waals surface area contributed by atoms with Gasteiger partial charge in [-0.05, 0) is 0 Å². The monoisotopic (exact) mass is 159 g/mol. The maximum absolute atomic E-state index is 8.25. The van der Waals surface area contributed by atoms with Gasteiger partial charge in [0.2, 0.25) is 0 Å². The quantitative estimate of drug-likeness (QED) is 0.374. The van der Waals surface area contributed by atoms with Crippen molar-refractivity contribution in [3.05, 3.63) is 18.2 Å². The highest BCUT2D eigenvalue weighted by Gasteiger charge is 2.03. The van der Waals surface area contributed by atoms with Gasteiger partial charge in [-0.3, -0.25) is 0 Å². The Morgan fingerprint density at radius 2 is 2.60 bits per heavy atom. The molecule has 0 bridgehead atoms. The summed E-state index contributed by atoms with van der Waals surface area (Å²) in [6.07, 6.45) is 3.09. The van der Waals surface area contributed by atoms with Crippen LogP contribution in [0.5, 0.6) is 0 Å². The molecule has 1 N–H and O–H groups in total. The lowest BCUT2D eigenvalue weighted by atomic mass is 10.5. The third-order valence-electron chi connectivity index (χ3n) is 1.12. The molecule has 0 unspecified atom stereocenters. The zero-order valence-electron chi connectivity index (χ0n) is 5.32. The molecule has 0 aromatic carbocycles. The number of rotatable bonds is 1. The van der Waals surface area contributed by atoms with Crippen LogP contribution in [-0.4, -0.2) is 19.9 Å². The van der Waals surface area contributed by atoms with Crippen LogP contribution < -0.4 is 0 Å². The maximum atomic E-state index is 8.25. The average molecular weight is 160 g/mol. The normalized spacial score (nSPS) is 12.0. The number of imidazole rings is 1. The van der Waals surface area contributed by atoms with Gasteiger partial charge in [0.05, 0.1) is 12.5 Å².